The van der Waals surface area contributed by atoms with Crippen LogP contribution in [0.5, 0.6) is 5.75 Å². The summed E-state index contributed by atoms with van der Waals surface area (Å²) >= 11 is 6.89. The number of piperidine rings is 1. The predicted molar refractivity (Wildman–Crippen MR) is 91.8 cm³/mol. The molecule has 0 aromatic heterocycles. The number of benzene rings is 1. The first-order valence-corrected chi connectivity index (χ1v) is 8.51. The zero-order valence-electron chi connectivity index (χ0n) is 12.4. The van der Waals surface area contributed by atoms with Gasteiger partial charge in [-0.15, -0.1) is 0 Å². The summed E-state index contributed by atoms with van der Waals surface area (Å²) in [5.74, 6) is 0.675. The van der Waals surface area contributed by atoms with E-state index in [9.17, 15) is 4.79 Å². The number of hydrogen-bond donors (Lipinski definition) is 2. The molecule has 1 aromatic rings. The van der Waals surface area contributed by atoms with Crippen molar-refractivity contribution in [3.05, 3.63) is 21.1 Å². The molecule has 4 nitrogen and oxygen atoms in total. The van der Waals surface area contributed by atoms with Crippen LogP contribution in [0.1, 0.15) is 26.7 Å². The highest BCUT2D eigenvalue weighted by Gasteiger charge is 2.37. The third-order valence-electron chi connectivity index (χ3n) is 3.89. The van der Waals surface area contributed by atoms with Crippen molar-refractivity contribution in [2.24, 2.45) is 5.41 Å². The second kappa shape index (κ2) is 6.67. The van der Waals surface area contributed by atoms with E-state index in [1.54, 1.807) is 7.11 Å². The van der Waals surface area contributed by atoms with Crippen LogP contribution >= 0.6 is 31.9 Å². The van der Waals surface area contributed by atoms with Gasteiger partial charge in [-0.05, 0) is 62.7 Å². The summed E-state index contributed by atoms with van der Waals surface area (Å²) in [6, 6.07) is 3.49. The first-order valence-electron chi connectivity index (χ1n) is 6.92. The minimum atomic E-state index is -0.187. The molecule has 0 bridgehead atoms. The number of rotatable bonds is 3. The zero-order valence-corrected chi connectivity index (χ0v) is 15.6. The Morgan fingerprint density at radius 3 is 2.71 bits per heavy atom. The Morgan fingerprint density at radius 1 is 1.38 bits per heavy atom. The number of halogens is 2. The fraction of sp³-hybridized carbons (Fsp3) is 0.533. The van der Waals surface area contributed by atoms with E-state index in [-0.39, 0.29) is 17.4 Å². The maximum absolute atomic E-state index is 12.6. The van der Waals surface area contributed by atoms with E-state index in [0.29, 0.717) is 11.4 Å². The van der Waals surface area contributed by atoms with Gasteiger partial charge in [-0.25, -0.2) is 0 Å². The van der Waals surface area contributed by atoms with Crippen LogP contribution in [0.3, 0.4) is 0 Å². The SMILES string of the molecule is COc1cc(NC(=O)C2NCCCC2(C)C)c(Br)cc1Br. The van der Waals surface area contributed by atoms with Crippen LogP contribution in [-0.4, -0.2) is 25.6 Å². The predicted octanol–water partition coefficient (Wildman–Crippen LogP) is 3.94. The fourth-order valence-corrected chi connectivity index (χ4v) is 3.90. The largest absolute Gasteiger partial charge is 0.495 e. The van der Waals surface area contributed by atoms with Crippen molar-refractivity contribution in [1.29, 1.82) is 0 Å². The lowest BCUT2D eigenvalue weighted by molar-refractivity contribution is -0.121. The number of carbonyl (C=O) groups is 1. The van der Waals surface area contributed by atoms with Gasteiger partial charge >= 0.3 is 0 Å². The quantitative estimate of drug-likeness (QED) is 0.780. The molecule has 1 atom stereocenters. The molecule has 116 valence electrons. The van der Waals surface area contributed by atoms with Gasteiger partial charge in [0.05, 0.1) is 23.3 Å². The van der Waals surface area contributed by atoms with E-state index in [1.165, 1.54) is 0 Å². The van der Waals surface area contributed by atoms with E-state index in [1.807, 2.05) is 12.1 Å². The Morgan fingerprint density at radius 2 is 2.10 bits per heavy atom. The zero-order chi connectivity index (χ0) is 15.6. The number of hydrogen-bond acceptors (Lipinski definition) is 3. The van der Waals surface area contributed by atoms with Gasteiger partial charge < -0.3 is 15.4 Å². The van der Waals surface area contributed by atoms with Gasteiger partial charge in [-0.1, -0.05) is 13.8 Å². The van der Waals surface area contributed by atoms with Gasteiger partial charge in [0.25, 0.3) is 0 Å². The van der Waals surface area contributed by atoms with E-state index >= 15 is 0 Å². The number of nitrogens with one attached hydrogen (secondary N) is 2. The van der Waals surface area contributed by atoms with Crippen LogP contribution < -0.4 is 15.4 Å². The number of ether oxygens (including phenoxy) is 1. The maximum atomic E-state index is 12.6. The second-order valence-electron chi connectivity index (χ2n) is 5.94. The third-order valence-corrected chi connectivity index (χ3v) is 5.17. The molecule has 6 heteroatoms. The molecule has 2 rings (SSSR count). The molecule has 1 heterocycles. The van der Waals surface area contributed by atoms with E-state index in [0.717, 1.165) is 28.3 Å². The van der Waals surface area contributed by atoms with Gasteiger partial charge in [0.1, 0.15) is 5.75 Å². The maximum Gasteiger partial charge on any atom is 0.242 e. The highest BCUT2D eigenvalue weighted by atomic mass is 79.9. The second-order valence-corrected chi connectivity index (χ2v) is 7.64. The summed E-state index contributed by atoms with van der Waals surface area (Å²) in [6.07, 6.45) is 2.15. The molecule has 0 aliphatic carbocycles. The summed E-state index contributed by atoms with van der Waals surface area (Å²) < 4.78 is 6.93. The average molecular weight is 420 g/mol. The van der Waals surface area contributed by atoms with Crippen LogP contribution in [0.25, 0.3) is 0 Å². The third kappa shape index (κ3) is 3.79. The highest BCUT2D eigenvalue weighted by Crippen LogP contribution is 2.36. The summed E-state index contributed by atoms with van der Waals surface area (Å²) in [5.41, 5.74) is 0.664. The first kappa shape index (κ1) is 16.8. The van der Waals surface area contributed by atoms with Crippen molar-refractivity contribution in [3.63, 3.8) is 0 Å². The van der Waals surface area contributed by atoms with Gasteiger partial charge in [0.15, 0.2) is 0 Å². The van der Waals surface area contributed by atoms with Gasteiger partial charge in [0, 0.05) is 10.5 Å². The van der Waals surface area contributed by atoms with Crippen LogP contribution in [-0.2, 0) is 4.79 Å². The first-order chi connectivity index (χ1) is 9.85. The van der Waals surface area contributed by atoms with Crippen LogP contribution in [0.4, 0.5) is 5.69 Å². The summed E-state index contributed by atoms with van der Waals surface area (Å²) in [4.78, 5) is 12.6. The molecule has 0 saturated carbocycles. The molecule has 1 saturated heterocycles. The number of carbonyl (C=O) groups excluding carboxylic acids is 1. The number of methoxy groups -OCH3 is 1. The smallest absolute Gasteiger partial charge is 0.242 e. The van der Waals surface area contributed by atoms with Crippen molar-refractivity contribution >= 4 is 43.5 Å². The van der Waals surface area contributed by atoms with Crippen molar-refractivity contribution in [3.8, 4) is 5.75 Å². The summed E-state index contributed by atoms with van der Waals surface area (Å²) in [6.45, 7) is 5.13. The van der Waals surface area contributed by atoms with E-state index in [4.69, 9.17) is 4.74 Å². The lowest BCUT2D eigenvalue weighted by Gasteiger charge is -2.38. The Kier molecular flexibility index (Phi) is 5.33. The van der Waals surface area contributed by atoms with Crippen molar-refractivity contribution < 1.29 is 9.53 Å². The lowest BCUT2D eigenvalue weighted by atomic mass is 9.77. The molecule has 21 heavy (non-hydrogen) atoms. The molecule has 1 unspecified atom stereocenters. The molecule has 0 spiro atoms. The van der Waals surface area contributed by atoms with Crippen LogP contribution in [0.15, 0.2) is 21.1 Å². The highest BCUT2D eigenvalue weighted by molar-refractivity contribution is 9.11. The molecular formula is C15H20Br2N2O2. The Hall–Kier alpha value is -0.590. The summed E-state index contributed by atoms with van der Waals surface area (Å²) in [5, 5.41) is 6.31. The fourth-order valence-electron chi connectivity index (χ4n) is 2.64. The number of amides is 1. The lowest BCUT2D eigenvalue weighted by Crippen LogP contribution is -2.53. The van der Waals surface area contributed by atoms with Gasteiger partial charge in [-0.3, -0.25) is 4.79 Å². The van der Waals surface area contributed by atoms with Crippen molar-refractivity contribution in [1.82, 2.24) is 5.32 Å². The van der Waals surface area contributed by atoms with E-state index < -0.39 is 0 Å². The van der Waals surface area contributed by atoms with Crippen LogP contribution in [0, 0.1) is 5.41 Å². The van der Waals surface area contributed by atoms with Crippen LogP contribution in [0.2, 0.25) is 0 Å². The Labute approximate surface area is 142 Å². The van der Waals surface area contributed by atoms with Gasteiger partial charge in [0.2, 0.25) is 5.91 Å². The summed E-state index contributed by atoms with van der Waals surface area (Å²) in [7, 11) is 1.60. The molecular weight excluding hydrogens is 400 g/mol. The van der Waals surface area contributed by atoms with Crippen molar-refractivity contribution in [2.45, 2.75) is 32.7 Å². The number of anilines is 1. The Balaban J connectivity index is 2.19. The molecule has 0 radical (unpaired) electrons. The monoisotopic (exact) mass is 418 g/mol. The van der Waals surface area contributed by atoms with Gasteiger partial charge in [-0.2, -0.15) is 0 Å². The normalized spacial score (nSPS) is 20.9. The topological polar surface area (TPSA) is 50.4 Å². The minimum Gasteiger partial charge on any atom is -0.495 e. The minimum absolute atomic E-state index is 0.00947. The Bertz CT molecular complexity index is 547. The van der Waals surface area contributed by atoms with Crippen molar-refractivity contribution in [2.75, 3.05) is 19.0 Å². The molecule has 1 aliphatic rings. The molecule has 1 aromatic carbocycles. The molecule has 1 amide bonds. The molecule has 1 fully saturated rings. The standard InChI is InChI=1S/C15H20Br2N2O2/c1-15(2)5-4-6-18-13(15)14(20)19-11-8-12(21-3)10(17)7-9(11)16/h7-8,13,18H,4-6H2,1-3H3,(H,19,20). The molecule has 2 N–H and O–H groups in total. The average Bonchev–Trinajstić information content (AvgIpc) is 2.41. The van der Waals surface area contributed by atoms with E-state index in [2.05, 4.69) is 56.3 Å². The molecule has 1 aliphatic heterocycles.